The van der Waals surface area contributed by atoms with Gasteiger partial charge in [-0.15, -0.1) is 0 Å². The topological polar surface area (TPSA) is 125 Å². The van der Waals surface area contributed by atoms with Gasteiger partial charge in [-0.2, -0.15) is 0 Å². The number of nitrogens with one attached hydrogen (secondary N) is 1. The molecule has 0 aliphatic carbocycles. The molecule has 4 rings (SSSR count). The molecule has 1 fully saturated rings. The maximum atomic E-state index is 13.1. The number of anilines is 2. The van der Waals surface area contributed by atoms with Crippen LogP contribution in [0.15, 0.2) is 48.5 Å². The number of likely N-dealkylation sites (tertiary alicyclic amines) is 1. The first-order valence-corrected chi connectivity index (χ1v) is 15.4. The summed E-state index contributed by atoms with van der Waals surface area (Å²) in [4.78, 5) is 21.2. The number of quaternary nitrogens is 1. The zero-order valence-corrected chi connectivity index (χ0v) is 25.5. The van der Waals surface area contributed by atoms with Gasteiger partial charge < -0.3 is 30.7 Å². The van der Waals surface area contributed by atoms with Crippen molar-refractivity contribution in [1.82, 2.24) is 15.3 Å². The van der Waals surface area contributed by atoms with Crippen molar-refractivity contribution in [3.05, 3.63) is 70.5 Å². The summed E-state index contributed by atoms with van der Waals surface area (Å²) in [6.07, 6.45) is 6.05. The van der Waals surface area contributed by atoms with Crippen molar-refractivity contribution < 1.29 is 18.8 Å². The molecule has 9 nitrogen and oxygen atoms in total. The Bertz CT molecular complexity index is 1250. The van der Waals surface area contributed by atoms with E-state index in [-0.39, 0.29) is 34.4 Å². The number of rotatable bonds is 14. The minimum Gasteiger partial charge on any atom is -0.494 e. The quantitative estimate of drug-likeness (QED) is 0.222. The van der Waals surface area contributed by atoms with Gasteiger partial charge in [0.25, 0.3) is 5.91 Å². The van der Waals surface area contributed by atoms with Gasteiger partial charge in [-0.25, -0.2) is 9.97 Å². The van der Waals surface area contributed by atoms with E-state index >= 15 is 0 Å². The van der Waals surface area contributed by atoms with Crippen molar-refractivity contribution in [2.24, 2.45) is 0 Å². The molecule has 5 N–H and O–H groups in total. The van der Waals surface area contributed by atoms with Gasteiger partial charge in [0.1, 0.15) is 11.5 Å². The van der Waals surface area contributed by atoms with Gasteiger partial charge in [-0.1, -0.05) is 35.9 Å². The number of amides is 1. The Kier molecular flexibility index (Phi) is 11.3. The lowest BCUT2D eigenvalue weighted by Crippen LogP contribution is -2.60. The van der Waals surface area contributed by atoms with E-state index < -0.39 is 0 Å². The van der Waals surface area contributed by atoms with Crippen molar-refractivity contribution in [3.8, 4) is 11.5 Å². The lowest BCUT2D eigenvalue weighted by atomic mass is 9.99. The van der Waals surface area contributed by atoms with E-state index in [1.807, 2.05) is 38.1 Å². The van der Waals surface area contributed by atoms with E-state index in [0.717, 1.165) is 80.7 Å². The Labute approximate surface area is 254 Å². The molecule has 1 unspecified atom stereocenters. The normalized spacial score (nSPS) is 16.1. The predicted octanol–water partition coefficient (Wildman–Crippen LogP) is 5.07. The van der Waals surface area contributed by atoms with Crippen molar-refractivity contribution in [1.29, 1.82) is 0 Å². The van der Waals surface area contributed by atoms with Gasteiger partial charge >= 0.3 is 0 Å². The standard InChI is InChI=1S/C32H43ClN6O3/c1-3-41-26-15-11-23(12-16-26)8-5-19-39(20-6-9-24-13-17-27(18-14-24)42-4-2)21-7-10-25(22-39)36-32(40)28-30(34)38-31(35)29(33)37-28/h11-18,25H,3-10,19-22H2,1-2H3,(H4-,34,35,36,38,40)/p+1. The van der Waals surface area contributed by atoms with Crippen molar-refractivity contribution in [3.63, 3.8) is 0 Å². The number of carbonyl (C=O) groups excluding carboxylic acids is 1. The minimum atomic E-state index is -0.365. The number of aromatic nitrogens is 2. The number of nitrogens with two attached hydrogens (primary N) is 2. The maximum Gasteiger partial charge on any atom is 0.274 e. The molecular formula is C32H44ClN6O3+. The Morgan fingerprint density at radius 3 is 1.98 bits per heavy atom. The second-order valence-corrected chi connectivity index (χ2v) is 11.4. The molecule has 3 aromatic rings. The summed E-state index contributed by atoms with van der Waals surface area (Å²) in [6.45, 7) is 9.35. The fraction of sp³-hybridized carbons (Fsp3) is 0.469. The molecule has 0 spiro atoms. The lowest BCUT2D eigenvalue weighted by molar-refractivity contribution is -0.933. The third-order valence-corrected chi connectivity index (χ3v) is 8.19. The lowest BCUT2D eigenvalue weighted by Gasteiger charge is -2.45. The van der Waals surface area contributed by atoms with Gasteiger partial charge in [0, 0.05) is 12.8 Å². The Morgan fingerprint density at radius 2 is 1.45 bits per heavy atom. The van der Waals surface area contributed by atoms with Crippen LogP contribution in [0.1, 0.15) is 61.1 Å². The largest absolute Gasteiger partial charge is 0.494 e. The molecule has 2 aromatic carbocycles. The first-order chi connectivity index (χ1) is 20.3. The smallest absolute Gasteiger partial charge is 0.274 e. The number of nitrogens with zero attached hydrogens (tertiary/aromatic N) is 3. The minimum absolute atomic E-state index is 0.000249. The number of hydrogen-bond acceptors (Lipinski definition) is 7. The first kappa shape index (κ1) is 31.4. The molecule has 10 heteroatoms. The summed E-state index contributed by atoms with van der Waals surface area (Å²) < 4.78 is 12.2. The first-order valence-electron chi connectivity index (χ1n) is 15.0. The summed E-state index contributed by atoms with van der Waals surface area (Å²) in [5.41, 5.74) is 14.3. The van der Waals surface area contributed by atoms with Crippen molar-refractivity contribution >= 4 is 29.1 Å². The van der Waals surface area contributed by atoms with Crippen molar-refractivity contribution in [2.75, 3.05) is 50.9 Å². The average molecular weight is 596 g/mol. The van der Waals surface area contributed by atoms with E-state index in [0.29, 0.717) is 13.2 Å². The highest BCUT2D eigenvalue weighted by molar-refractivity contribution is 6.31. The molecule has 226 valence electrons. The second kappa shape index (κ2) is 15.1. The van der Waals surface area contributed by atoms with Crippen LogP contribution in [0, 0.1) is 0 Å². The van der Waals surface area contributed by atoms with E-state index in [1.54, 1.807) is 0 Å². The molecule has 1 aromatic heterocycles. The Morgan fingerprint density at radius 1 is 0.905 bits per heavy atom. The zero-order valence-electron chi connectivity index (χ0n) is 24.8. The Hall–Kier alpha value is -3.56. The Balaban J connectivity index is 1.42. The van der Waals surface area contributed by atoms with Crippen LogP contribution in [-0.4, -0.2) is 65.8 Å². The molecule has 0 radical (unpaired) electrons. The van der Waals surface area contributed by atoms with Crippen LogP contribution in [0.2, 0.25) is 5.15 Å². The number of carbonyl (C=O) groups is 1. The van der Waals surface area contributed by atoms with Crippen LogP contribution in [0.4, 0.5) is 11.6 Å². The highest BCUT2D eigenvalue weighted by Crippen LogP contribution is 2.24. The number of ether oxygens (including phenoxy) is 2. The molecular weight excluding hydrogens is 552 g/mol. The molecule has 1 aliphatic heterocycles. The summed E-state index contributed by atoms with van der Waals surface area (Å²) >= 11 is 6.03. The predicted molar refractivity (Wildman–Crippen MR) is 168 cm³/mol. The second-order valence-electron chi connectivity index (χ2n) is 11.0. The number of hydrogen-bond donors (Lipinski definition) is 3. The van der Waals surface area contributed by atoms with Crippen LogP contribution in [0.5, 0.6) is 11.5 Å². The van der Waals surface area contributed by atoms with Crippen LogP contribution >= 0.6 is 11.6 Å². The molecule has 42 heavy (non-hydrogen) atoms. The average Bonchev–Trinajstić information content (AvgIpc) is 2.97. The third-order valence-electron chi connectivity index (χ3n) is 7.91. The highest BCUT2D eigenvalue weighted by Gasteiger charge is 2.35. The fourth-order valence-electron chi connectivity index (χ4n) is 5.90. The van der Waals surface area contributed by atoms with Gasteiger partial charge in [-0.05, 0) is 74.9 Å². The van der Waals surface area contributed by atoms with E-state index in [9.17, 15) is 4.79 Å². The molecule has 0 bridgehead atoms. The number of halogens is 1. The third kappa shape index (κ3) is 8.72. The number of benzene rings is 2. The maximum absolute atomic E-state index is 13.1. The summed E-state index contributed by atoms with van der Waals surface area (Å²) in [5, 5.41) is 3.14. The molecule has 0 saturated carbocycles. The number of nitrogen functional groups attached to an aromatic ring is 2. The summed E-state index contributed by atoms with van der Waals surface area (Å²) in [6, 6.07) is 16.8. The molecule has 1 aliphatic rings. The summed E-state index contributed by atoms with van der Waals surface area (Å²) in [7, 11) is 0. The van der Waals surface area contributed by atoms with E-state index in [1.165, 1.54) is 11.1 Å². The van der Waals surface area contributed by atoms with Gasteiger partial charge in [0.05, 0.1) is 45.4 Å². The summed E-state index contributed by atoms with van der Waals surface area (Å²) in [5.74, 6) is 1.44. The molecule has 1 amide bonds. The van der Waals surface area contributed by atoms with Crippen LogP contribution in [0.25, 0.3) is 0 Å². The number of piperidine rings is 1. The van der Waals surface area contributed by atoms with Gasteiger partial charge in [-0.3, -0.25) is 4.79 Å². The molecule has 1 atom stereocenters. The monoisotopic (exact) mass is 595 g/mol. The van der Waals surface area contributed by atoms with Crippen LogP contribution in [0.3, 0.4) is 0 Å². The molecule has 2 heterocycles. The fourth-order valence-corrected chi connectivity index (χ4v) is 6.02. The van der Waals surface area contributed by atoms with Crippen molar-refractivity contribution in [2.45, 2.75) is 58.4 Å². The van der Waals surface area contributed by atoms with E-state index in [2.05, 4.69) is 39.6 Å². The van der Waals surface area contributed by atoms with Crippen LogP contribution < -0.4 is 26.3 Å². The van der Waals surface area contributed by atoms with Gasteiger partial charge in [0.2, 0.25) is 0 Å². The van der Waals surface area contributed by atoms with Gasteiger partial charge in [0.15, 0.2) is 22.5 Å². The highest BCUT2D eigenvalue weighted by atomic mass is 35.5. The zero-order chi connectivity index (χ0) is 30.0. The SMILES string of the molecule is CCOc1ccc(CCC[N+]2(CCCc3ccc(OCC)cc3)CCCC(NC(=O)c3nc(Cl)c(N)nc3N)C2)cc1. The molecule has 1 saturated heterocycles. The number of aryl methyl sites for hydroxylation is 2. The van der Waals surface area contributed by atoms with E-state index in [4.69, 9.17) is 32.5 Å². The van der Waals surface area contributed by atoms with Crippen LogP contribution in [-0.2, 0) is 12.8 Å².